The van der Waals surface area contributed by atoms with Gasteiger partial charge in [-0.3, -0.25) is 0 Å². The first-order chi connectivity index (χ1) is 14.4. The second-order valence-electron chi connectivity index (χ2n) is 7.05. The molecule has 3 N–H and O–H groups in total. The molecular weight excluding hydrogens is 386 g/mol. The van der Waals surface area contributed by atoms with Gasteiger partial charge in [0, 0.05) is 18.7 Å². The number of nitrogens with zero attached hydrogens (tertiary/aromatic N) is 1. The van der Waals surface area contributed by atoms with Gasteiger partial charge >= 0.3 is 0 Å². The minimum atomic E-state index is -1.19. The third kappa shape index (κ3) is 5.82. The van der Waals surface area contributed by atoms with Gasteiger partial charge < -0.3 is 34.4 Å². The van der Waals surface area contributed by atoms with E-state index < -0.39 is 5.60 Å². The van der Waals surface area contributed by atoms with Crippen LogP contribution in [0.3, 0.4) is 0 Å². The lowest BCUT2D eigenvalue weighted by atomic mass is 10.0. The molecule has 0 aliphatic heterocycles. The van der Waals surface area contributed by atoms with E-state index in [4.69, 9.17) is 18.6 Å². The number of furan rings is 1. The van der Waals surface area contributed by atoms with E-state index in [1.54, 1.807) is 34.3 Å². The minimum absolute atomic E-state index is 0.162. The number of ether oxygens (including phenoxy) is 3. The molecule has 2 rings (SSSR count). The average molecular weight is 420 g/mol. The molecule has 0 aliphatic rings. The van der Waals surface area contributed by atoms with E-state index in [2.05, 4.69) is 15.6 Å². The van der Waals surface area contributed by atoms with Crippen molar-refractivity contribution in [2.45, 2.75) is 32.8 Å². The third-order valence-corrected chi connectivity index (χ3v) is 4.63. The fraction of sp³-hybridized carbons (Fsp3) is 0.500. The highest BCUT2D eigenvalue weighted by Crippen LogP contribution is 2.39. The van der Waals surface area contributed by atoms with Crippen molar-refractivity contribution in [2.75, 3.05) is 41.0 Å². The summed E-state index contributed by atoms with van der Waals surface area (Å²) in [6, 6.07) is 7.41. The molecule has 1 heterocycles. The van der Waals surface area contributed by atoms with Gasteiger partial charge in [-0.2, -0.15) is 0 Å². The van der Waals surface area contributed by atoms with E-state index in [1.807, 2.05) is 32.0 Å². The Labute approximate surface area is 178 Å². The molecule has 1 unspecified atom stereocenters. The van der Waals surface area contributed by atoms with Crippen molar-refractivity contribution in [1.82, 2.24) is 10.6 Å². The van der Waals surface area contributed by atoms with Crippen LogP contribution in [-0.2, 0) is 12.0 Å². The summed E-state index contributed by atoms with van der Waals surface area (Å²) in [5.41, 5.74) is -0.208. The summed E-state index contributed by atoms with van der Waals surface area (Å²) in [5.74, 6) is 3.70. The summed E-state index contributed by atoms with van der Waals surface area (Å²) in [6.45, 7) is 6.99. The molecule has 2 aromatic rings. The molecular formula is C22H33N3O5. The van der Waals surface area contributed by atoms with Gasteiger partial charge in [0.15, 0.2) is 17.5 Å². The maximum atomic E-state index is 10.7. The smallest absolute Gasteiger partial charge is 0.203 e. The van der Waals surface area contributed by atoms with E-state index in [-0.39, 0.29) is 6.54 Å². The van der Waals surface area contributed by atoms with Crippen molar-refractivity contribution >= 4 is 5.96 Å². The van der Waals surface area contributed by atoms with Gasteiger partial charge in [-0.25, -0.2) is 4.99 Å². The zero-order valence-corrected chi connectivity index (χ0v) is 18.7. The van der Waals surface area contributed by atoms with Crippen molar-refractivity contribution in [3.8, 4) is 17.2 Å². The van der Waals surface area contributed by atoms with Crippen LogP contribution in [0.5, 0.6) is 17.2 Å². The molecule has 30 heavy (non-hydrogen) atoms. The zero-order valence-electron chi connectivity index (χ0n) is 18.7. The molecule has 0 bridgehead atoms. The molecule has 8 heteroatoms. The predicted octanol–water partition coefficient (Wildman–Crippen LogP) is 2.62. The summed E-state index contributed by atoms with van der Waals surface area (Å²) < 4.78 is 21.9. The predicted molar refractivity (Wildman–Crippen MR) is 117 cm³/mol. The molecule has 0 saturated heterocycles. The second-order valence-corrected chi connectivity index (χ2v) is 7.05. The molecule has 8 nitrogen and oxygen atoms in total. The van der Waals surface area contributed by atoms with Gasteiger partial charge in [-0.1, -0.05) is 6.07 Å². The molecule has 0 radical (unpaired) electrons. The topological polar surface area (TPSA) is 97.5 Å². The molecule has 0 fully saturated rings. The summed E-state index contributed by atoms with van der Waals surface area (Å²) in [4.78, 5) is 4.51. The van der Waals surface area contributed by atoms with E-state index >= 15 is 0 Å². The molecule has 0 aliphatic carbocycles. The number of aryl methyl sites for hydroxylation is 1. The highest BCUT2D eigenvalue weighted by atomic mass is 16.5. The Morgan fingerprint density at radius 1 is 1.07 bits per heavy atom. The molecule has 1 atom stereocenters. The molecule has 1 aromatic heterocycles. The Morgan fingerprint density at radius 3 is 2.37 bits per heavy atom. The number of methoxy groups -OCH3 is 3. The first-order valence-corrected chi connectivity index (χ1v) is 9.95. The van der Waals surface area contributed by atoms with Crippen LogP contribution in [0.2, 0.25) is 0 Å². The van der Waals surface area contributed by atoms with Crippen LogP contribution in [0.15, 0.2) is 33.7 Å². The zero-order chi connectivity index (χ0) is 22.1. The van der Waals surface area contributed by atoms with Crippen LogP contribution in [0.4, 0.5) is 0 Å². The van der Waals surface area contributed by atoms with Gasteiger partial charge in [-0.05, 0) is 45.4 Å². The highest BCUT2D eigenvalue weighted by Gasteiger charge is 2.26. The number of aliphatic imine (C=N–C) groups is 1. The molecule has 1 aromatic carbocycles. The third-order valence-electron chi connectivity index (χ3n) is 4.63. The van der Waals surface area contributed by atoms with E-state index in [9.17, 15) is 5.11 Å². The average Bonchev–Trinajstić information content (AvgIpc) is 3.18. The van der Waals surface area contributed by atoms with Crippen LogP contribution in [0, 0.1) is 6.92 Å². The Bertz CT molecular complexity index is 845. The first kappa shape index (κ1) is 23.4. The van der Waals surface area contributed by atoms with Crippen LogP contribution in [-0.4, -0.2) is 52.0 Å². The molecule has 0 saturated carbocycles. The lowest BCUT2D eigenvalue weighted by Gasteiger charge is -2.20. The number of benzene rings is 1. The van der Waals surface area contributed by atoms with Gasteiger partial charge in [-0.15, -0.1) is 0 Å². The monoisotopic (exact) mass is 419 g/mol. The van der Waals surface area contributed by atoms with Crippen LogP contribution < -0.4 is 24.8 Å². The summed E-state index contributed by atoms with van der Waals surface area (Å²) >= 11 is 0. The molecule has 166 valence electrons. The summed E-state index contributed by atoms with van der Waals surface area (Å²) in [7, 11) is 4.79. The maximum absolute atomic E-state index is 10.7. The van der Waals surface area contributed by atoms with E-state index in [0.29, 0.717) is 48.5 Å². The Morgan fingerprint density at radius 2 is 1.80 bits per heavy atom. The van der Waals surface area contributed by atoms with Gasteiger partial charge in [0.25, 0.3) is 0 Å². The van der Waals surface area contributed by atoms with E-state index in [0.717, 1.165) is 11.3 Å². The fourth-order valence-corrected chi connectivity index (χ4v) is 3.05. The van der Waals surface area contributed by atoms with Crippen molar-refractivity contribution in [1.29, 1.82) is 0 Å². The number of hydrogen-bond donors (Lipinski definition) is 3. The lowest BCUT2D eigenvalue weighted by Crippen LogP contribution is -2.39. The molecule has 0 spiro atoms. The SMILES string of the molecule is CCNC(=NCC(C)(O)c1ccc(C)o1)NCCc1ccc(OC)c(OC)c1OC. The minimum Gasteiger partial charge on any atom is -0.493 e. The number of nitrogens with one attached hydrogen (secondary N) is 2. The van der Waals surface area contributed by atoms with E-state index in [1.165, 1.54) is 0 Å². The van der Waals surface area contributed by atoms with Crippen LogP contribution >= 0.6 is 0 Å². The summed E-state index contributed by atoms with van der Waals surface area (Å²) in [6.07, 6.45) is 0.682. The standard InChI is InChI=1S/C22H33N3O5/c1-7-23-21(25-14-22(3,26)18-11-8-15(2)30-18)24-13-12-16-9-10-17(27-4)20(29-6)19(16)28-5/h8-11,26H,7,12-14H2,1-6H3,(H2,23,24,25). The Hall–Kier alpha value is -2.87. The summed E-state index contributed by atoms with van der Waals surface area (Å²) in [5, 5.41) is 17.2. The van der Waals surface area contributed by atoms with Gasteiger partial charge in [0.1, 0.15) is 17.1 Å². The second kappa shape index (κ2) is 10.8. The van der Waals surface area contributed by atoms with Crippen LogP contribution in [0.1, 0.15) is 30.9 Å². The highest BCUT2D eigenvalue weighted by molar-refractivity contribution is 5.79. The van der Waals surface area contributed by atoms with Crippen molar-refractivity contribution in [3.05, 3.63) is 41.3 Å². The fourth-order valence-electron chi connectivity index (χ4n) is 3.05. The van der Waals surface area contributed by atoms with Crippen molar-refractivity contribution in [3.63, 3.8) is 0 Å². The quantitative estimate of drug-likeness (QED) is 0.402. The largest absolute Gasteiger partial charge is 0.493 e. The number of rotatable bonds is 10. The van der Waals surface area contributed by atoms with Crippen molar-refractivity contribution in [2.24, 2.45) is 4.99 Å². The normalized spacial score (nSPS) is 13.5. The maximum Gasteiger partial charge on any atom is 0.203 e. The lowest BCUT2D eigenvalue weighted by molar-refractivity contribution is 0.0428. The number of hydrogen-bond acceptors (Lipinski definition) is 6. The molecule has 0 amide bonds. The Balaban J connectivity index is 2.05. The number of guanidine groups is 1. The Kier molecular flexibility index (Phi) is 8.41. The van der Waals surface area contributed by atoms with Gasteiger partial charge in [0.05, 0.1) is 27.9 Å². The van der Waals surface area contributed by atoms with Crippen LogP contribution in [0.25, 0.3) is 0 Å². The van der Waals surface area contributed by atoms with Crippen molar-refractivity contribution < 1.29 is 23.7 Å². The van der Waals surface area contributed by atoms with Gasteiger partial charge in [0.2, 0.25) is 5.75 Å². The first-order valence-electron chi connectivity index (χ1n) is 9.95. The number of aliphatic hydroxyl groups is 1.